The van der Waals surface area contributed by atoms with Gasteiger partial charge in [-0.2, -0.15) is 4.98 Å². The summed E-state index contributed by atoms with van der Waals surface area (Å²) in [5.74, 6) is 1.29. The van der Waals surface area contributed by atoms with Gasteiger partial charge in [0, 0.05) is 13.0 Å². The fourth-order valence-corrected chi connectivity index (χ4v) is 1.38. The average Bonchev–Trinajstić information content (AvgIpc) is 2.70. The second kappa shape index (κ2) is 3.70. The Balaban J connectivity index is 2.07. The van der Waals surface area contributed by atoms with Gasteiger partial charge in [-0.15, -0.1) is 6.58 Å². The van der Waals surface area contributed by atoms with Crippen LogP contribution in [0.2, 0.25) is 0 Å². The molecule has 1 aromatic rings. The Labute approximate surface area is 76.6 Å². The van der Waals surface area contributed by atoms with Gasteiger partial charge in [0.1, 0.15) is 6.10 Å². The molecule has 0 spiro atoms. The first-order valence-corrected chi connectivity index (χ1v) is 4.45. The molecule has 1 aliphatic heterocycles. The first kappa shape index (κ1) is 8.44. The van der Waals surface area contributed by atoms with E-state index < -0.39 is 0 Å². The van der Waals surface area contributed by atoms with Crippen LogP contribution in [-0.2, 0) is 11.2 Å². The van der Waals surface area contributed by atoms with Gasteiger partial charge >= 0.3 is 0 Å². The van der Waals surface area contributed by atoms with E-state index in [2.05, 4.69) is 16.7 Å². The number of rotatable bonds is 3. The Morgan fingerprint density at radius 1 is 1.62 bits per heavy atom. The summed E-state index contributed by atoms with van der Waals surface area (Å²) < 4.78 is 10.5. The van der Waals surface area contributed by atoms with E-state index in [9.17, 15) is 0 Å². The van der Waals surface area contributed by atoms with Gasteiger partial charge in [-0.25, -0.2) is 0 Å². The normalized spacial score (nSPS) is 22.0. The molecule has 1 atom stereocenters. The molecule has 0 aromatic carbocycles. The van der Waals surface area contributed by atoms with Crippen molar-refractivity contribution >= 4 is 0 Å². The molecule has 2 heterocycles. The summed E-state index contributed by atoms with van der Waals surface area (Å²) in [6.45, 7) is 4.41. The fourth-order valence-electron chi connectivity index (χ4n) is 1.38. The molecule has 0 amide bonds. The molecule has 1 fully saturated rings. The lowest BCUT2D eigenvalue weighted by Crippen LogP contribution is -1.96. The van der Waals surface area contributed by atoms with Crippen LogP contribution >= 0.6 is 0 Å². The molecule has 13 heavy (non-hydrogen) atoms. The van der Waals surface area contributed by atoms with E-state index in [1.165, 1.54) is 0 Å². The topological polar surface area (TPSA) is 48.2 Å². The molecular formula is C9H12N2O2. The number of hydrogen-bond donors (Lipinski definition) is 0. The van der Waals surface area contributed by atoms with Crippen LogP contribution in [0.4, 0.5) is 0 Å². The molecule has 1 aromatic heterocycles. The van der Waals surface area contributed by atoms with E-state index in [4.69, 9.17) is 9.26 Å². The van der Waals surface area contributed by atoms with Crippen LogP contribution in [0.25, 0.3) is 0 Å². The zero-order valence-corrected chi connectivity index (χ0v) is 7.40. The number of allylic oxidation sites excluding steroid dienone is 1. The quantitative estimate of drug-likeness (QED) is 0.663. The molecule has 4 nitrogen and oxygen atoms in total. The van der Waals surface area contributed by atoms with E-state index in [0.29, 0.717) is 18.1 Å². The number of ether oxygens (including phenoxy) is 1. The van der Waals surface area contributed by atoms with Crippen molar-refractivity contribution in [3.05, 3.63) is 24.4 Å². The molecule has 70 valence electrons. The van der Waals surface area contributed by atoms with Crippen molar-refractivity contribution in [1.82, 2.24) is 10.1 Å². The van der Waals surface area contributed by atoms with Gasteiger partial charge in [-0.1, -0.05) is 11.2 Å². The van der Waals surface area contributed by atoms with Crippen molar-refractivity contribution in [2.24, 2.45) is 0 Å². The third-order valence-electron chi connectivity index (χ3n) is 2.02. The molecule has 0 unspecified atom stereocenters. The number of hydrogen-bond acceptors (Lipinski definition) is 4. The summed E-state index contributed by atoms with van der Waals surface area (Å²) in [5, 5.41) is 3.81. The lowest BCUT2D eigenvalue weighted by atomic mass is 10.2. The van der Waals surface area contributed by atoms with Crippen LogP contribution in [0.15, 0.2) is 17.2 Å². The zero-order chi connectivity index (χ0) is 9.10. The zero-order valence-electron chi connectivity index (χ0n) is 7.40. The van der Waals surface area contributed by atoms with Gasteiger partial charge in [0.05, 0.1) is 0 Å². The van der Waals surface area contributed by atoms with Crippen LogP contribution in [0.1, 0.15) is 30.7 Å². The van der Waals surface area contributed by atoms with Crippen LogP contribution in [-0.4, -0.2) is 16.7 Å². The Hall–Kier alpha value is -1.16. The fraction of sp³-hybridized carbons (Fsp3) is 0.556. The molecule has 1 aliphatic rings. The maximum atomic E-state index is 5.41. The Kier molecular flexibility index (Phi) is 2.40. The first-order valence-electron chi connectivity index (χ1n) is 4.45. The van der Waals surface area contributed by atoms with Gasteiger partial charge in [0.15, 0.2) is 5.82 Å². The highest BCUT2D eigenvalue weighted by molar-refractivity contribution is 4.95. The van der Waals surface area contributed by atoms with E-state index in [1.807, 2.05) is 0 Å². The number of aromatic nitrogens is 2. The van der Waals surface area contributed by atoms with Gasteiger partial charge in [-0.3, -0.25) is 0 Å². The van der Waals surface area contributed by atoms with Gasteiger partial charge in [-0.05, 0) is 12.8 Å². The molecule has 2 rings (SSSR count). The lowest BCUT2D eigenvalue weighted by molar-refractivity contribution is 0.0835. The summed E-state index contributed by atoms with van der Waals surface area (Å²) in [5.41, 5.74) is 0. The number of nitrogens with zero attached hydrogens (tertiary/aromatic N) is 2. The smallest absolute Gasteiger partial charge is 0.255 e. The highest BCUT2D eigenvalue weighted by Crippen LogP contribution is 2.26. The molecule has 1 saturated heterocycles. The molecule has 0 bridgehead atoms. The van der Waals surface area contributed by atoms with Crippen molar-refractivity contribution in [3.63, 3.8) is 0 Å². The van der Waals surface area contributed by atoms with Gasteiger partial charge in [0.2, 0.25) is 0 Å². The van der Waals surface area contributed by atoms with Crippen molar-refractivity contribution in [1.29, 1.82) is 0 Å². The van der Waals surface area contributed by atoms with Crippen molar-refractivity contribution in [3.8, 4) is 0 Å². The molecule has 0 saturated carbocycles. The average molecular weight is 180 g/mol. The molecule has 0 radical (unpaired) electrons. The van der Waals surface area contributed by atoms with Crippen molar-refractivity contribution < 1.29 is 9.26 Å². The molecule has 4 heteroatoms. The monoisotopic (exact) mass is 180 g/mol. The van der Waals surface area contributed by atoms with Crippen LogP contribution < -0.4 is 0 Å². The highest BCUT2D eigenvalue weighted by atomic mass is 16.5. The molecule has 0 N–H and O–H groups in total. The summed E-state index contributed by atoms with van der Waals surface area (Å²) in [4.78, 5) is 4.21. The standard InChI is InChI=1S/C9H12N2O2/c1-2-4-8-10-9(13-11-8)7-5-3-6-12-7/h2,7H,1,3-6H2/t7-/m1/s1. The van der Waals surface area contributed by atoms with Crippen molar-refractivity contribution in [2.45, 2.75) is 25.4 Å². The van der Waals surface area contributed by atoms with Crippen LogP contribution in [0, 0.1) is 0 Å². The van der Waals surface area contributed by atoms with E-state index >= 15 is 0 Å². The minimum absolute atomic E-state index is 0.0195. The second-order valence-corrected chi connectivity index (χ2v) is 3.04. The Bertz CT molecular complexity index is 290. The van der Waals surface area contributed by atoms with Crippen LogP contribution in [0.5, 0.6) is 0 Å². The SMILES string of the molecule is C=CCc1noc([C@H]2CCCO2)n1. The third-order valence-corrected chi connectivity index (χ3v) is 2.02. The predicted octanol–water partition coefficient (Wildman–Crippen LogP) is 1.65. The van der Waals surface area contributed by atoms with E-state index in [1.54, 1.807) is 6.08 Å². The van der Waals surface area contributed by atoms with Crippen molar-refractivity contribution in [2.75, 3.05) is 6.61 Å². The second-order valence-electron chi connectivity index (χ2n) is 3.04. The summed E-state index contributed by atoms with van der Waals surface area (Å²) in [6.07, 6.45) is 4.48. The minimum Gasteiger partial charge on any atom is -0.368 e. The first-order chi connectivity index (χ1) is 6.40. The van der Waals surface area contributed by atoms with Gasteiger partial charge < -0.3 is 9.26 Å². The minimum atomic E-state index is 0.0195. The largest absolute Gasteiger partial charge is 0.368 e. The Morgan fingerprint density at radius 3 is 3.23 bits per heavy atom. The van der Waals surface area contributed by atoms with E-state index in [-0.39, 0.29) is 6.10 Å². The highest BCUT2D eigenvalue weighted by Gasteiger charge is 2.23. The predicted molar refractivity (Wildman–Crippen MR) is 46.1 cm³/mol. The third kappa shape index (κ3) is 1.78. The Morgan fingerprint density at radius 2 is 2.54 bits per heavy atom. The van der Waals surface area contributed by atoms with E-state index in [0.717, 1.165) is 19.4 Å². The molecule has 0 aliphatic carbocycles. The maximum absolute atomic E-state index is 5.41. The maximum Gasteiger partial charge on any atom is 0.255 e. The molecular weight excluding hydrogens is 168 g/mol. The summed E-state index contributed by atoms with van der Waals surface area (Å²) in [7, 11) is 0. The lowest BCUT2D eigenvalue weighted by Gasteiger charge is -2.00. The van der Waals surface area contributed by atoms with Gasteiger partial charge in [0.25, 0.3) is 5.89 Å². The van der Waals surface area contributed by atoms with Crippen LogP contribution in [0.3, 0.4) is 0 Å². The summed E-state index contributed by atoms with van der Waals surface area (Å²) >= 11 is 0. The summed E-state index contributed by atoms with van der Waals surface area (Å²) in [6, 6.07) is 0.